The van der Waals surface area contributed by atoms with E-state index < -0.39 is 0 Å². The maximum Gasteiger partial charge on any atom is 0.145 e. The molecule has 2 saturated heterocycles. The molecule has 4 rings (SSSR count). The van der Waals surface area contributed by atoms with Crippen LogP contribution in [-0.2, 0) is 16.0 Å². The lowest BCUT2D eigenvalue weighted by atomic mass is 10.2. The summed E-state index contributed by atoms with van der Waals surface area (Å²) in [6.45, 7) is 13.6. The Hall–Kier alpha value is -0.770. The zero-order chi connectivity index (χ0) is 18.6. The summed E-state index contributed by atoms with van der Waals surface area (Å²) in [5, 5.41) is 2.41. The van der Waals surface area contributed by atoms with Gasteiger partial charge in [0, 0.05) is 48.7 Å². The Balaban J connectivity index is 1.50. The SMILES string of the molecule is Cc1sc2nc(CN3CCOCC3)nc(SCCN3CCOCC3)c2c1C. The predicted octanol–water partition coefficient (Wildman–Crippen LogP) is 2.56. The molecule has 4 heterocycles. The molecule has 0 atom stereocenters. The van der Waals surface area contributed by atoms with Crippen molar-refractivity contribution in [2.45, 2.75) is 25.4 Å². The van der Waals surface area contributed by atoms with Crippen molar-refractivity contribution in [1.29, 1.82) is 0 Å². The first kappa shape index (κ1) is 19.5. The Morgan fingerprint density at radius 1 is 0.963 bits per heavy atom. The van der Waals surface area contributed by atoms with E-state index in [0.29, 0.717) is 0 Å². The topological polar surface area (TPSA) is 50.7 Å². The number of nitrogens with zero attached hydrogens (tertiary/aromatic N) is 4. The van der Waals surface area contributed by atoms with Gasteiger partial charge in [-0.15, -0.1) is 23.1 Å². The van der Waals surface area contributed by atoms with Crippen LogP contribution in [0, 0.1) is 13.8 Å². The minimum atomic E-state index is 0.806. The standard InChI is InChI=1S/C19H28N4O2S2/c1-14-15(2)27-19-17(14)18(26-12-7-22-3-8-24-9-4-22)20-16(21-19)13-23-5-10-25-11-6-23/h3-13H2,1-2H3. The fourth-order valence-corrected chi connectivity index (χ4v) is 5.71. The summed E-state index contributed by atoms with van der Waals surface area (Å²) in [5.74, 6) is 2.00. The third kappa shape index (κ3) is 4.81. The quantitative estimate of drug-likeness (QED) is 0.538. The van der Waals surface area contributed by atoms with Crippen molar-refractivity contribution in [2.24, 2.45) is 0 Å². The van der Waals surface area contributed by atoms with Gasteiger partial charge in [-0.25, -0.2) is 9.97 Å². The second-order valence-electron chi connectivity index (χ2n) is 7.10. The fourth-order valence-electron chi connectivity index (χ4n) is 3.49. The summed E-state index contributed by atoms with van der Waals surface area (Å²) in [5.41, 5.74) is 1.33. The molecule has 0 spiro atoms. The maximum atomic E-state index is 5.46. The average Bonchev–Trinajstić information content (AvgIpc) is 2.97. The summed E-state index contributed by atoms with van der Waals surface area (Å²) in [6.07, 6.45) is 0. The summed E-state index contributed by atoms with van der Waals surface area (Å²) in [6, 6.07) is 0. The van der Waals surface area contributed by atoms with Crippen molar-refractivity contribution in [3.8, 4) is 0 Å². The summed E-state index contributed by atoms with van der Waals surface area (Å²) in [7, 11) is 0. The second kappa shape index (κ2) is 9.15. The van der Waals surface area contributed by atoms with Gasteiger partial charge < -0.3 is 9.47 Å². The van der Waals surface area contributed by atoms with Gasteiger partial charge in [0.2, 0.25) is 0 Å². The molecule has 2 aliphatic heterocycles. The van der Waals surface area contributed by atoms with Crippen molar-refractivity contribution in [3.63, 3.8) is 0 Å². The third-order valence-electron chi connectivity index (χ3n) is 5.26. The monoisotopic (exact) mass is 408 g/mol. The number of fused-ring (bicyclic) bond motifs is 1. The lowest BCUT2D eigenvalue weighted by Crippen LogP contribution is -2.37. The Bertz CT molecular complexity index is 771. The van der Waals surface area contributed by atoms with Gasteiger partial charge in [0.05, 0.1) is 33.0 Å². The normalized spacial score (nSPS) is 19.8. The number of rotatable bonds is 6. The fraction of sp³-hybridized carbons (Fsp3) is 0.684. The molecule has 8 heteroatoms. The van der Waals surface area contributed by atoms with E-state index in [1.807, 2.05) is 11.8 Å². The van der Waals surface area contributed by atoms with Gasteiger partial charge in [0.1, 0.15) is 15.7 Å². The highest BCUT2D eigenvalue weighted by atomic mass is 32.2. The minimum absolute atomic E-state index is 0.806. The first-order valence-electron chi connectivity index (χ1n) is 9.70. The Morgan fingerprint density at radius 3 is 2.33 bits per heavy atom. The van der Waals surface area contributed by atoms with E-state index in [0.717, 1.165) is 87.1 Å². The third-order valence-corrected chi connectivity index (χ3v) is 7.32. The van der Waals surface area contributed by atoms with E-state index in [4.69, 9.17) is 19.4 Å². The lowest BCUT2D eigenvalue weighted by Gasteiger charge is -2.26. The van der Waals surface area contributed by atoms with Crippen LogP contribution in [0.5, 0.6) is 0 Å². The number of aromatic nitrogens is 2. The molecule has 0 radical (unpaired) electrons. The van der Waals surface area contributed by atoms with Crippen LogP contribution in [-0.4, -0.2) is 84.7 Å². The van der Waals surface area contributed by atoms with Gasteiger partial charge in [-0.05, 0) is 19.4 Å². The van der Waals surface area contributed by atoms with Crippen molar-refractivity contribution in [3.05, 3.63) is 16.3 Å². The van der Waals surface area contributed by atoms with Crippen molar-refractivity contribution in [2.75, 3.05) is 64.9 Å². The molecule has 0 bridgehead atoms. The number of hydrogen-bond donors (Lipinski definition) is 0. The molecule has 27 heavy (non-hydrogen) atoms. The summed E-state index contributed by atoms with van der Waals surface area (Å²) < 4.78 is 10.9. The smallest absolute Gasteiger partial charge is 0.145 e. The molecule has 2 aliphatic rings. The van der Waals surface area contributed by atoms with E-state index in [1.54, 1.807) is 11.3 Å². The highest BCUT2D eigenvalue weighted by molar-refractivity contribution is 7.99. The first-order chi connectivity index (χ1) is 13.2. The highest BCUT2D eigenvalue weighted by Gasteiger charge is 2.18. The van der Waals surface area contributed by atoms with E-state index in [1.165, 1.54) is 15.8 Å². The van der Waals surface area contributed by atoms with E-state index >= 15 is 0 Å². The summed E-state index contributed by atoms with van der Waals surface area (Å²) in [4.78, 5) is 17.2. The number of aryl methyl sites for hydroxylation is 2. The molecule has 0 N–H and O–H groups in total. The van der Waals surface area contributed by atoms with Crippen LogP contribution in [0.3, 0.4) is 0 Å². The number of ether oxygens (including phenoxy) is 2. The molecule has 0 unspecified atom stereocenters. The van der Waals surface area contributed by atoms with Crippen LogP contribution in [0.25, 0.3) is 10.2 Å². The predicted molar refractivity (Wildman–Crippen MR) is 111 cm³/mol. The molecule has 0 saturated carbocycles. The molecule has 2 fully saturated rings. The lowest BCUT2D eigenvalue weighted by molar-refractivity contribution is 0.0330. The maximum absolute atomic E-state index is 5.46. The zero-order valence-electron chi connectivity index (χ0n) is 16.2. The molecule has 2 aromatic rings. The van der Waals surface area contributed by atoms with Gasteiger partial charge in [-0.2, -0.15) is 0 Å². The van der Waals surface area contributed by atoms with Crippen LogP contribution < -0.4 is 0 Å². The van der Waals surface area contributed by atoms with Gasteiger partial charge in [0.15, 0.2) is 0 Å². The molecular weight excluding hydrogens is 380 g/mol. The zero-order valence-corrected chi connectivity index (χ0v) is 17.8. The molecule has 6 nitrogen and oxygen atoms in total. The van der Waals surface area contributed by atoms with Crippen molar-refractivity contribution < 1.29 is 9.47 Å². The Kier molecular flexibility index (Phi) is 6.62. The number of morpholine rings is 2. The Morgan fingerprint density at radius 2 is 1.63 bits per heavy atom. The minimum Gasteiger partial charge on any atom is -0.379 e. The van der Waals surface area contributed by atoms with E-state index in [9.17, 15) is 0 Å². The van der Waals surface area contributed by atoms with Crippen LogP contribution in [0.15, 0.2) is 5.03 Å². The summed E-state index contributed by atoms with van der Waals surface area (Å²) >= 11 is 3.67. The highest BCUT2D eigenvalue weighted by Crippen LogP contribution is 2.35. The van der Waals surface area contributed by atoms with Crippen LogP contribution >= 0.6 is 23.1 Å². The number of thioether (sulfide) groups is 1. The molecular formula is C19H28N4O2S2. The number of thiophene rings is 1. The van der Waals surface area contributed by atoms with Gasteiger partial charge in [-0.3, -0.25) is 9.80 Å². The largest absolute Gasteiger partial charge is 0.379 e. The Labute approximate surface area is 169 Å². The van der Waals surface area contributed by atoms with Crippen LogP contribution in [0.1, 0.15) is 16.3 Å². The average molecular weight is 409 g/mol. The second-order valence-corrected chi connectivity index (χ2v) is 9.39. The van der Waals surface area contributed by atoms with Gasteiger partial charge in [0.25, 0.3) is 0 Å². The molecule has 0 aromatic carbocycles. The van der Waals surface area contributed by atoms with Gasteiger partial charge >= 0.3 is 0 Å². The van der Waals surface area contributed by atoms with Crippen LogP contribution in [0.4, 0.5) is 0 Å². The molecule has 2 aromatic heterocycles. The van der Waals surface area contributed by atoms with E-state index in [2.05, 4.69) is 23.6 Å². The van der Waals surface area contributed by atoms with Gasteiger partial charge in [-0.1, -0.05) is 0 Å². The number of hydrogen-bond acceptors (Lipinski definition) is 8. The molecule has 0 amide bonds. The van der Waals surface area contributed by atoms with Crippen LogP contribution in [0.2, 0.25) is 0 Å². The first-order valence-corrected chi connectivity index (χ1v) is 11.5. The van der Waals surface area contributed by atoms with Crippen molar-refractivity contribution >= 4 is 33.3 Å². The molecule has 0 aliphatic carbocycles. The molecule has 148 valence electrons. The van der Waals surface area contributed by atoms with E-state index in [-0.39, 0.29) is 0 Å². The van der Waals surface area contributed by atoms with Crippen molar-refractivity contribution in [1.82, 2.24) is 19.8 Å².